The average molecular weight is 471 g/mol. The molecule has 32 heavy (non-hydrogen) atoms. The molecule has 0 aliphatic heterocycles. The molecule has 0 saturated carbocycles. The number of phenols is 1. The van der Waals surface area contributed by atoms with Gasteiger partial charge < -0.3 is 15.7 Å². The first-order valence-electron chi connectivity index (χ1n) is 11.1. The van der Waals surface area contributed by atoms with E-state index >= 15 is 0 Å². The minimum absolute atomic E-state index is 0.223. The lowest BCUT2D eigenvalue weighted by atomic mass is 10.3. The maximum absolute atomic E-state index is 9.59. The molecule has 0 unspecified atom stereocenters. The maximum Gasteiger partial charge on any atom is 0.151 e. The van der Waals surface area contributed by atoms with E-state index < -0.39 is 0 Å². The van der Waals surface area contributed by atoms with Gasteiger partial charge in [-0.2, -0.15) is 0 Å². The molecule has 1 aromatic carbocycles. The van der Waals surface area contributed by atoms with E-state index in [4.69, 9.17) is 0 Å². The lowest BCUT2D eigenvalue weighted by molar-refractivity contribution is 0.475. The number of hydrogen-bond donors (Lipinski definition) is 3. The third-order valence-electron chi connectivity index (χ3n) is 4.07. The summed E-state index contributed by atoms with van der Waals surface area (Å²) in [5.41, 5.74) is 2.99. The van der Waals surface area contributed by atoms with Crippen LogP contribution in [0, 0.1) is 6.92 Å². The normalized spacial score (nSPS) is 10.2. The largest absolute Gasteiger partial charge is 0.508 e. The Morgan fingerprint density at radius 1 is 1.00 bits per heavy atom. The number of anilines is 2. The topological polar surface area (TPSA) is 70.1 Å². The lowest BCUT2D eigenvalue weighted by Crippen LogP contribution is -2.12. The van der Waals surface area contributed by atoms with Gasteiger partial charge in [-0.05, 0) is 61.6 Å². The number of aryl methyl sites for hydroxylation is 1. The van der Waals surface area contributed by atoms with Crippen LogP contribution in [-0.2, 0) is 0 Å². The number of hydrogen-bond acceptors (Lipinski definition) is 7. The van der Waals surface area contributed by atoms with Gasteiger partial charge in [0.15, 0.2) is 5.82 Å². The fourth-order valence-electron chi connectivity index (χ4n) is 2.70. The zero-order chi connectivity index (χ0) is 23.3. The van der Waals surface area contributed by atoms with Crippen LogP contribution in [0.5, 0.6) is 5.75 Å². The van der Waals surface area contributed by atoms with Gasteiger partial charge in [0.2, 0.25) is 0 Å². The van der Waals surface area contributed by atoms with Gasteiger partial charge >= 0.3 is 0 Å². The van der Waals surface area contributed by atoms with Crippen molar-refractivity contribution >= 4 is 44.4 Å². The van der Waals surface area contributed by atoms with Crippen LogP contribution in [0.3, 0.4) is 0 Å². The van der Waals surface area contributed by atoms with E-state index in [1.807, 2.05) is 6.07 Å². The predicted octanol–water partition coefficient (Wildman–Crippen LogP) is 7.60. The Labute approximate surface area is 199 Å². The Kier molecular flexibility index (Phi) is 11.1. The number of rotatable bonds is 6. The van der Waals surface area contributed by atoms with E-state index in [1.54, 1.807) is 47.2 Å². The van der Waals surface area contributed by atoms with E-state index in [0.717, 1.165) is 34.8 Å². The van der Waals surface area contributed by atoms with E-state index in [0.29, 0.717) is 0 Å². The van der Waals surface area contributed by atoms with Crippen LogP contribution in [0.15, 0.2) is 48.1 Å². The van der Waals surface area contributed by atoms with Crippen molar-refractivity contribution in [3.8, 4) is 15.5 Å². The Morgan fingerprint density at radius 2 is 1.78 bits per heavy atom. The predicted molar refractivity (Wildman–Crippen MR) is 142 cm³/mol. The third-order valence-corrected chi connectivity index (χ3v) is 6.45. The third kappa shape index (κ3) is 7.89. The molecule has 0 radical (unpaired) electrons. The van der Waals surface area contributed by atoms with Crippen molar-refractivity contribution in [1.29, 1.82) is 0 Å². The molecule has 0 spiro atoms. The maximum atomic E-state index is 9.59. The van der Waals surface area contributed by atoms with Gasteiger partial charge in [-0.15, -0.1) is 22.7 Å². The molecular formula is C25H34N4OS2. The molecule has 7 heteroatoms. The standard InChI is InChI=1S/C17H13N3OS2.C5H13N.C3H8/c1-10-5-14(22-8-10)15-7-13-16(23-15)17(19-9-18-13)20-11-3-2-4-12(21)6-11;1-3-5-6-4-2;1-3-2/h2-9,21H,1H3,(H,18,19,20);6H,3-5H2,1-2H3;3H2,1-2H3. The van der Waals surface area contributed by atoms with Crippen molar-refractivity contribution in [3.05, 3.63) is 53.7 Å². The van der Waals surface area contributed by atoms with E-state index in [2.05, 4.69) is 72.7 Å². The van der Waals surface area contributed by atoms with Crippen LogP contribution >= 0.6 is 22.7 Å². The first kappa shape index (κ1) is 25.8. The summed E-state index contributed by atoms with van der Waals surface area (Å²) in [5, 5.41) is 18.2. The summed E-state index contributed by atoms with van der Waals surface area (Å²) in [6.45, 7) is 12.9. The molecule has 3 heterocycles. The Balaban J connectivity index is 0.000000347. The second-order valence-corrected chi connectivity index (χ2v) is 9.24. The SMILES string of the molecule is CCC.CCCNCC.Cc1csc(-c2cc3ncnc(Nc4cccc(O)c4)c3s2)c1. The molecule has 4 rings (SSSR count). The van der Waals surface area contributed by atoms with E-state index in [1.165, 1.54) is 28.2 Å². The number of benzene rings is 1. The van der Waals surface area contributed by atoms with Crippen molar-refractivity contribution in [2.45, 2.75) is 47.5 Å². The molecule has 0 atom stereocenters. The highest BCUT2D eigenvalue weighted by molar-refractivity contribution is 7.26. The minimum Gasteiger partial charge on any atom is -0.508 e. The first-order valence-corrected chi connectivity index (χ1v) is 12.8. The quantitative estimate of drug-likeness (QED) is 0.253. The van der Waals surface area contributed by atoms with Crippen molar-refractivity contribution < 1.29 is 5.11 Å². The number of nitrogens with one attached hydrogen (secondary N) is 2. The van der Waals surface area contributed by atoms with Gasteiger partial charge in [0, 0.05) is 21.5 Å². The summed E-state index contributed by atoms with van der Waals surface area (Å²) >= 11 is 3.41. The number of thiophene rings is 2. The fourth-order valence-corrected chi connectivity index (χ4v) is 4.75. The molecule has 0 bridgehead atoms. The monoisotopic (exact) mass is 470 g/mol. The second kappa shape index (κ2) is 13.8. The van der Waals surface area contributed by atoms with Gasteiger partial charge in [-0.25, -0.2) is 9.97 Å². The Hall–Kier alpha value is -2.48. The molecule has 3 N–H and O–H groups in total. The highest BCUT2D eigenvalue weighted by Gasteiger charge is 2.11. The molecule has 0 aliphatic rings. The molecule has 0 saturated heterocycles. The van der Waals surface area contributed by atoms with Gasteiger partial charge in [0.1, 0.15) is 12.1 Å². The van der Waals surface area contributed by atoms with Gasteiger partial charge in [0.05, 0.1) is 10.2 Å². The Bertz CT molecular complexity index is 1070. The van der Waals surface area contributed by atoms with Crippen LogP contribution in [0.4, 0.5) is 11.5 Å². The molecular weight excluding hydrogens is 436 g/mol. The van der Waals surface area contributed by atoms with Crippen LogP contribution in [0.1, 0.15) is 46.1 Å². The minimum atomic E-state index is 0.223. The van der Waals surface area contributed by atoms with Gasteiger partial charge in [-0.1, -0.05) is 40.2 Å². The number of phenolic OH excluding ortho intramolecular Hbond substituents is 1. The number of aromatic hydroxyl groups is 1. The molecule has 5 nitrogen and oxygen atoms in total. The molecule has 0 amide bonds. The van der Waals surface area contributed by atoms with Crippen LogP contribution < -0.4 is 10.6 Å². The zero-order valence-electron chi connectivity index (χ0n) is 19.6. The molecule has 172 valence electrons. The zero-order valence-corrected chi connectivity index (χ0v) is 21.2. The van der Waals surface area contributed by atoms with Crippen molar-refractivity contribution in [1.82, 2.24) is 15.3 Å². The average Bonchev–Trinajstić information content (AvgIpc) is 3.40. The van der Waals surface area contributed by atoms with Crippen molar-refractivity contribution in [2.75, 3.05) is 18.4 Å². The first-order chi connectivity index (χ1) is 15.5. The highest BCUT2D eigenvalue weighted by Crippen LogP contribution is 2.39. The van der Waals surface area contributed by atoms with Crippen LogP contribution in [0.2, 0.25) is 0 Å². The van der Waals surface area contributed by atoms with Crippen molar-refractivity contribution in [2.24, 2.45) is 0 Å². The number of nitrogens with zero attached hydrogens (tertiary/aromatic N) is 2. The fraction of sp³-hybridized carbons (Fsp3) is 0.360. The Morgan fingerprint density at radius 3 is 2.38 bits per heavy atom. The second-order valence-electron chi connectivity index (χ2n) is 7.27. The summed E-state index contributed by atoms with van der Waals surface area (Å²) in [4.78, 5) is 11.2. The highest BCUT2D eigenvalue weighted by atomic mass is 32.1. The van der Waals surface area contributed by atoms with Crippen molar-refractivity contribution in [3.63, 3.8) is 0 Å². The molecule has 0 fully saturated rings. The molecule has 0 aliphatic carbocycles. The summed E-state index contributed by atoms with van der Waals surface area (Å²) in [6, 6.07) is 11.3. The lowest BCUT2D eigenvalue weighted by Gasteiger charge is -2.06. The number of aromatic nitrogens is 2. The van der Waals surface area contributed by atoms with Gasteiger partial charge in [-0.3, -0.25) is 0 Å². The summed E-state index contributed by atoms with van der Waals surface area (Å²) in [5.74, 6) is 0.978. The smallest absolute Gasteiger partial charge is 0.151 e. The summed E-state index contributed by atoms with van der Waals surface area (Å²) < 4.78 is 1.01. The molecule has 3 aromatic heterocycles. The van der Waals surface area contributed by atoms with Crippen LogP contribution in [0.25, 0.3) is 20.0 Å². The summed E-state index contributed by atoms with van der Waals surface area (Å²) in [7, 11) is 0. The van der Waals surface area contributed by atoms with E-state index in [-0.39, 0.29) is 5.75 Å². The van der Waals surface area contributed by atoms with Crippen LogP contribution in [-0.4, -0.2) is 28.2 Å². The van der Waals surface area contributed by atoms with E-state index in [9.17, 15) is 5.11 Å². The summed E-state index contributed by atoms with van der Waals surface area (Å²) in [6.07, 6.45) is 4.05. The van der Waals surface area contributed by atoms with Gasteiger partial charge in [0.25, 0.3) is 0 Å². The molecule has 4 aromatic rings. The number of fused-ring (bicyclic) bond motifs is 1.